The van der Waals surface area contributed by atoms with E-state index in [-0.39, 0.29) is 11.9 Å². The Kier molecular flexibility index (Phi) is 2.50. The van der Waals surface area contributed by atoms with Crippen molar-refractivity contribution in [1.82, 2.24) is 5.32 Å². The van der Waals surface area contributed by atoms with Crippen LogP contribution in [0.1, 0.15) is 22.0 Å². The maximum absolute atomic E-state index is 12.9. The monoisotopic (exact) mass is 233 g/mol. The summed E-state index contributed by atoms with van der Waals surface area (Å²) in [6.07, 6.45) is 1.09. The Morgan fingerprint density at radius 2 is 2.00 bits per heavy atom. The molecule has 1 atom stereocenters. The fourth-order valence-electron chi connectivity index (χ4n) is 2.18. The van der Waals surface area contributed by atoms with Crippen LogP contribution >= 0.6 is 11.3 Å². The molecule has 3 heteroatoms. The van der Waals surface area contributed by atoms with Crippen LogP contribution in [0.15, 0.2) is 35.7 Å². The number of thiophene rings is 1. The van der Waals surface area contributed by atoms with Gasteiger partial charge in [-0.2, -0.15) is 0 Å². The third-order valence-corrected chi connectivity index (χ3v) is 4.01. The maximum atomic E-state index is 12.9. The van der Waals surface area contributed by atoms with Gasteiger partial charge in [-0.25, -0.2) is 4.39 Å². The standard InChI is InChI=1S/C13H12FNS/c14-11-3-1-9(2-4-11)12-13-10(5-7-15-12)6-8-16-13/h1-4,6,8,12,15H,5,7H2. The average molecular weight is 233 g/mol. The molecule has 3 rings (SSSR count). The van der Waals surface area contributed by atoms with Gasteiger partial charge in [0.15, 0.2) is 0 Å². The second kappa shape index (κ2) is 4.00. The number of hydrogen-bond donors (Lipinski definition) is 1. The number of hydrogen-bond acceptors (Lipinski definition) is 2. The Morgan fingerprint density at radius 3 is 2.81 bits per heavy atom. The molecule has 2 heterocycles. The molecule has 16 heavy (non-hydrogen) atoms. The smallest absolute Gasteiger partial charge is 0.123 e. The zero-order valence-electron chi connectivity index (χ0n) is 8.74. The summed E-state index contributed by atoms with van der Waals surface area (Å²) in [5.74, 6) is -0.175. The molecular formula is C13H12FNS. The van der Waals surface area contributed by atoms with Crippen molar-refractivity contribution in [2.75, 3.05) is 6.54 Å². The SMILES string of the molecule is Fc1ccc(C2NCCc3ccsc32)cc1. The molecule has 1 unspecified atom stereocenters. The predicted molar refractivity (Wildman–Crippen MR) is 64.3 cm³/mol. The maximum Gasteiger partial charge on any atom is 0.123 e. The Balaban J connectivity index is 2.00. The molecule has 1 aliphatic rings. The van der Waals surface area contributed by atoms with Crippen LogP contribution in [0.4, 0.5) is 4.39 Å². The van der Waals surface area contributed by atoms with Gasteiger partial charge in [0.2, 0.25) is 0 Å². The summed E-state index contributed by atoms with van der Waals surface area (Å²) in [5.41, 5.74) is 2.57. The fourth-order valence-corrected chi connectivity index (χ4v) is 3.23. The van der Waals surface area contributed by atoms with Gasteiger partial charge >= 0.3 is 0 Å². The number of rotatable bonds is 1. The third-order valence-electron chi connectivity index (χ3n) is 2.99. The lowest BCUT2D eigenvalue weighted by atomic mass is 9.98. The van der Waals surface area contributed by atoms with E-state index in [1.165, 1.54) is 22.6 Å². The van der Waals surface area contributed by atoms with Crippen LogP contribution in [0.5, 0.6) is 0 Å². The summed E-state index contributed by atoms with van der Waals surface area (Å²) >= 11 is 1.78. The lowest BCUT2D eigenvalue weighted by Crippen LogP contribution is -2.29. The van der Waals surface area contributed by atoms with Gasteiger partial charge in [0.05, 0.1) is 6.04 Å². The van der Waals surface area contributed by atoms with Gasteiger partial charge in [-0.3, -0.25) is 0 Å². The first-order valence-corrected chi connectivity index (χ1v) is 6.27. The Bertz CT molecular complexity index is 489. The zero-order chi connectivity index (χ0) is 11.0. The topological polar surface area (TPSA) is 12.0 Å². The quantitative estimate of drug-likeness (QED) is 0.798. The van der Waals surface area contributed by atoms with Crippen molar-refractivity contribution in [1.29, 1.82) is 0 Å². The van der Waals surface area contributed by atoms with E-state index in [0.717, 1.165) is 18.5 Å². The lowest BCUT2D eigenvalue weighted by Gasteiger charge is -2.24. The lowest BCUT2D eigenvalue weighted by molar-refractivity contribution is 0.575. The molecule has 0 bridgehead atoms. The van der Waals surface area contributed by atoms with Crippen molar-refractivity contribution in [2.45, 2.75) is 12.5 Å². The van der Waals surface area contributed by atoms with E-state index < -0.39 is 0 Å². The highest BCUT2D eigenvalue weighted by molar-refractivity contribution is 7.10. The van der Waals surface area contributed by atoms with E-state index in [1.807, 2.05) is 12.1 Å². The summed E-state index contributed by atoms with van der Waals surface area (Å²) < 4.78 is 12.9. The molecule has 82 valence electrons. The van der Waals surface area contributed by atoms with E-state index in [2.05, 4.69) is 16.8 Å². The van der Waals surface area contributed by atoms with Crippen LogP contribution in [-0.4, -0.2) is 6.54 Å². The van der Waals surface area contributed by atoms with E-state index in [4.69, 9.17) is 0 Å². The average Bonchev–Trinajstić information content (AvgIpc) is 2.78. The van der Waals surface area contributed by atoms with Gasteiger partial charge in [-0.05, 0) is 41.1 Å². The van der Waals surface area contributed by atoms with Gasteiger partial charge in [-0.1, -0.05) is 12.1 Å². The second-order valence-corrected chi connectivity index (χ2v) is 4.95. The Labute approximate surface area is 97.9 Å². The van der Waals surface area contributed by atoms with Crippen LogP contribution in [0.3, 0.4) is 0 Å². The molecule has 0 radical (unpaired) electrons. The summed E-state index contributed by atoms with van der Waals surface area (Å²) in [6, 6.07) is 9.21. The molecule has 1 aromatic carbocycles. The van der Waals surface area contributed by atoms with Gasteiger partial charge in [0.1, 0.15) is 5.82 Å². The molecule has 1 aromatic heterocycles. The van der Waals surface area contributed by atoms with Crippen molar-refractivity contribution < 1.29 is 4.39 Å². The third kappa shape index (κ3) is 1.66. The molecule has 0 saturated heterocycles. The molecule has 1 N–H and O–H groups in total. The first-order chi connectivity index (χ1) is 7.84. The van der Waals surface area contributed by atoms with E-state index in [0.29, 0.717) is 0 Å². The highest BCUT2D eigenvalue weighted by Gasteiger charge is 2.22. The van der Waals surface area contributed by atoms with Gasteiger partial charge in [-0.15, -0.1) is 11.3 Å². The number of benzene rings is 1. The molecule has 0 aliphatic carbocycles. The van der Waals surface area contributed by atoms with Gasteiger partial charge < -0.3 is 5.32 Å². The molecular weight excluding hydrogens is 221 g/mol. The van der Waals surface area contributed by atoms with Crippen LogP contribution in [0.2, 0.25) is 0 Å². The number of nitrogens with one attached hydrogen (secondary N) is 1. The van der Waals surface area contributed by atoms with Crippen molar-refractivity contribution >= 4 is 11.3 Å². The minimum absolute atomic E-state index is 0.175. The molecule has 1 aliphatic heterocycles. The predicted octanol–water partition coefficient (Wildman–Crippen LogP) is 3.12. The molecule has 1 nitrogen and oxygen atoms in total. The van der Waals surface area contributed by atoms with Crippen LogP contribution in [0, 0.1) is 5.82 Å². The highest BCUT2D eigenvalue weighted by Crippen LogP contribution is 2.32. The molecule has 0 spiro atoms. The van der Waals surface area contributed by atoms with E-state index >= 15 is 0 Å². The molecule has 0 amide bonds. The van der Waals surface area contributed by atoms with Crippen molar-refractivity contribution in [3.63, 3.8) is 0 Å². The summed E-state index contributed by atoms with van der Waals surface area (Å²) in [7, 11) is 0. The highest BCUT2D eigenvalue weighted by atomic mass is 32.1. The minimum Gasteiger partial charge on any atom is -0.305 e. The summed E-state index contributed by atoms with van der Waals surface area (Å²) in [5, 5.41) is 5.62. The first kappa shape index (κ1) is 10.00. The van der Waals surface area contributed by atoms with Crippen LogP contribution in [-0.2, 0) is 6.42 Å². The van der Waals surface area contributed by atoms with Crippen molar-refractivity contribution in [3.8, 4) is 0 Å². The summed E-state index contributed by atoms with van der Waals surface area (Å²) in [6.45, 7) is 0.992. The molecule has 0 fully saturated rings. The first-order valence-electron chi connectivity index (χ1n) is 5.40. The normalized spacial score (nSPS) is 19.4. The summed E-state index contributed by atoms with van der Waals surface area (Å²) in [4.78, 5) is 1.37. The van der Waals surface area contributed by atoms with Crippen LogP contribution in [0.25, 0.3) is 0 Å². The Hall–Kier alpha value is -1.19. The van der Waals surface area contributed by atoms with Crippen molar-refractivity contribution in [3.05, 3.63) is 57.5 Å². The van der Waals surface area contributed by atoms with E-state index in [9.17, 15) is 4.39 Å². The largest absolute Gasteiger partial charge is 0.305 e. The number of halogens is 1. The fraction of sp³-hybridized carbons (Fsp3) is 0.231. The Morgan fingerprint density at radius 1 is 1.19 bits per heavy atom. The number of fused-ring (bicyclic) bond motifs is 1. The second-order valence-electron chi connectivity index (χ2n) is 4.00. The zero-order valence-corrected chi connectivity index (χ0v) is 9.56. The van der Waals surface area contributed by atoms with E-state index in [1.54, 1.807) is 11.3 Å². The van der Waals surface area contributed by atoms with Gasteiger partial charge in [0, 0.05) is 11.4 Å². The minimum atomic E-state index is -0.175. The van der Waals surface area contributed by atoms with Crippen LogP contribution < -0.4 is 5.32 Å². The molecule has 2 aromatic rings. The molecule has 0 saturated carbocycles. The van der Waals surface area contributed by atoms with Gasteiger partial charge in [0.25, 0.3) is 0 Å². The van der Waals surface area contributed by atoms with Crippen molar-refractivity contribution in [2.24, 2.45) is 0 Å².